The number of aryl methyl sites for hydroxylation is 1. The minimum atomic E-state index is -0.367. The molecule has 1 heterocycles. The number of ether oxygens (including phenoxy) is 1. The van der Waals surface area contributed by atoms with Gasteiger partial charge in [-0.25, -0.2) is 4.98 Å². The summed E-state index contributed by atoms with van der Waals surface area (Å²) in [4.78, 5) is 19.0. The molecule has 0 unspecified atom stereocenters. The van der Waals surface area contributed by atoms with Crippen LogP contribution in [0, 0.1) is 10.5 Å². The molecule has 16 heavy (non-hydrogen) atoms. The van der Waals surface area contributed by atoms with Crippen molar-refractivity contribution >= 4 is 22.6 Å². The fraction of sp³-hybridized carbons (Fsp3) is 0.636. The second kappa shape index (κ2) is 4.44. The van der Waals surface area contributed by atoms with Crippen LogP contribution in [0.4, 0.5) is 0 Å². The van der Waals surface area contributed by atoms with Gasteiger partial charge in [0.15, 0.2) is 0 Å². The molecule has 0 atom stereocenters. The van der Waals surface area contributed by atoms with Crippen molar-refractivity contribution in [3.63, 3.8) is 0 Å². The topological polar surface area (TPSA) is 55.0 Å². The minimum Gasteiger partial charge on any atom is -0.370 e. The number of aromatic nitrogens is 2. The van der Waals surface area contributed by atoms with Gasteiger partial charge in [-0.1, -0.05) is 0 Å². The van der Waals surface area contributed by atoms with Gasteiger partial charge in [-0.15, -0.1) is 0 Å². The van der Waals surface area contributed by atoms with Crippen molar-refractivity contribution in [1.29, 1.82) is 0 Å². The fourth-order valence-corrected chi connectivity index (χ4v) is 2.53. The highest BCUT2D eigenvalue weighted by atomic mass is 127. The van der Waals surface area contributed by atoms with Crippen molar-refractivity contribution in [3.05, 3.63) is 25.4 Å². The van der Waals surface area contributed by atoms with Gasteiger partial charge in [0.25, 0.3) is 5.56 Å². The Morgan fingerprint density at radius 2 is 2.06 bits per heavy atom. The molecule has 0 spiro atoms. The molecule has 1 aliphatic carbocycles. The Labute approximate surface area is 108 Å². The van der Waals surface area contributed by atoms with Crippen LogP contribution in [0.3, 0.4) is 0 Å². The predicted molar refractivity (Wildman–Crippen MR) is 69.5 cm³/mol. The summed E-state index contributed by atoms with van der Waals surface area (Å²) in [5, 5.41) is 0. The van der Waals surface area contributed by atoms with Gasteiger partial charge in [0.1, 0.15) is 11.4 Å². The third-order valence-corrected chi connectivity index (χ3v) is 4.53. The van der Waals surface area contributed by atoms with Crippen molar-refractivity contribution in [2.45, 2.75) is 38.2 Å². The second-order valence-electron chi connectivity index (χ2n) is 4.22. The Morgan fingerprint density at radius 3 is 2.56 bits per heavy atom. The summed E-state index contributed by atoms with van der Waals surface area (Å²) in [7, 11) is 1.69. The number of halogens is 1. The zero-order chi connectivity index (χ0) is 11.8. The van der Waals surface area contributed by atoms with E-state index in [0.29, 0.717) is 9.39 Å². The lowest BCUT2D eigenvalue weighted by Crippen LogP contribution is -2.31. The molecule has 0 aromatic carbocycles. The molecular weight excluding hydrogens is 319 g/mol. The maximum atomic E-state index is 11.7. The van der Waals surface area contributed by atoms with E-state index in [9.17, 15) is 4.79 Å². The van der Waals surface area contributed by atoms with Gasteiger partial charge in [0, 0.05) is 7.11 Å². The Bertz CT molecular complexity index is 450. The first kappa shape index (κ1) is 12.0. The molecule has 5 heteroatoms. The van der Waals surface area contributed by atoms with Crippen LogP contribution in [-0.4, -0.2) is 17.1 Å². The summed E-state index contributed by atoms with van der Waals surface area (Å²) in [5.74, 6) is 0.690. The smallest absolute Gasteiger partial charge is 0.264 e. The Hall–Kier alpha value is -0.430. The molecule has 0 amide bonds. The molecule has 1 aromatic heterocycles. The summed E-state index contributed by atoms with van der Waals surface area (Å²) in [6.45, 7) is 1.86. The van der Waals surface area contributed by atoms with Gasteiger partial charge in [-0.2, -0.15) is 0 Å². The van der Waals surface area contributed by atoms with Crippen LogP contribution >= 0.6 is 22.6 Å². The van der Waals surface area contributed by atoms with Crippen molar-refractivity contribution in [1.82, 2.24) is 9.97 Å². The number of methoxy groups -OCH3 is 1. The first-order chi connectivity index (χ1) is 7.59. The summed E-state index contributed by atoms with van der Waals surface area (Å²) in [6.07, 6.45) is 4.13. The largest absolute Gasteiger partial charge is 0.370 e. The predicted octanol–water partition coefficient (Wildman–Crippen LogP) is 2.10. The van der Waals surface area contributed by atoms with Gasteiger partial charge in [0.05, 0.1) is 9.26 Å². The van der Waals surface area contributed by atoms with Gasteiger partial charge in [0.2, 0.25) is 0 Å². The summed E-state index contributed by atoms with van der Waals surface area (Å²) >= 11 is 2.02. The molecule has 1 saturated carbocycles. The van der Waals surface area contributed by atoms with E-state index in [1.54, 1.807) is 7.11 Å². The molecule has 0 saturated heterocycles. The standard InChI is InChI=1S/C11H15IN2O2/c1-7-8(12)9(15)14-10(13-7)11(16-2)5-3-4-6-11/h3-6H2,1-2H3,(H,13,14,15). The van der Waals surface area contributed by atoms with E-state index in [4.69, 9.17) is 4.74 Å². The third kappa shape index (κ3) is 1.90. The van der Waals surface area contributed by atoms with E-state index in [2.05, 4.69) is 9.97 Å². The normalized spacial score (nSPS) is 18.9. The molecule has 1 N–H and O–H groups in total. The minimum absolute atomic E-state index is 0.0635. The third-order valence-electron chi connectivity index (χ3n) is 3.26. The number of hydrogen-bond donors (Lipinski definition) is 1. The van der Waals surface area contributed by atoms with Crippen LogP contribution in [0.5, 0.6) is 0 Å². The highest BCUT2D eigenvalue weighted by molar-refractivity contribution is 14.1. The Kier molecular flexibility index (Phi) is 3.34. The highest BCUT2D eigenvalue weighted by Gasteiger charge is 2.38. The van der Waals surface area contributed by atoms with Crippen LogP contribution in [0.25, 0.3) is 0 Å². The van der Waals surface area contributed by atoms with Crippen LogP contribution in [0.15, 0.2) is 4.79 Å². The number of rotatable bonds is 2. The maximum absolute atomic E-state index is 11.7. The van der Waals surface area contributed by atoms with Crippen molar-refractivity contribution < 1.29 is 4.74 Å². The maximum Gasteiger partial charge on any atom is 0.264 e. The number of nitrogens with zero attached hydrogens (tertiary/aromatic N) is 1. The lowest BCUT2D eigenvalue weighted by molar-refractivity contribution is -0.0166. The van der Waals surface area contributed by atoms with E-state index in [0.717, 1.165) is 31.4 Å². The number of hydrogen-bond acceptors (Lipinski definition) is 3. The summed E-state index contributed by atoms with van der Waals surface area (Å²) < 4.78 is 6.26. The lowest BCUT2D eigenvalue weighted by Gasteiger charge is -2.26. The number of aromatic amines is 1. The highest BCUT2D eigenvalue weighted by Crippen LogP contribution is 2.39. The quantitative estimate of drug-likeness (QED) is 0.843. The molecule has 1 fully saturated rings. The molecule has 88 valence electrons. The van der Waals surface area contributed by atoms with Crippen LogP contribution in [-0.2, 0) is 10.3 Å². The van der Waals surface area contributed by atoms with Crippen molar-refractivity contribution in [3.8, 4) is 0 Å². The summed E-state index contributed by atoms with van der Waals surface area (Å²) in [5.41, 5.74) is 0.350. The average Bonchev–Trinajstić information content (AvgIpc) is 2.75. The molecule has 1 aliphatic rings. The fourth-order valence-electron chi connectivity index (χ4n) is 2.27. The van der Waals surface area contributed by atoms with Crippen molar-refractivity contribution in [2.24, 2.45) is 0 Å². The Morgan fingerprint density at radius 1 is 1.44 bits per heavy atom. The van der Waals surface area contributed by atoms with Gasteiger partial charge in [-0.05, 0) is 55.2 Å². The monoisotopic (exact) mass is 334 g/mol. The van der Waals surface area contributed by atoms with Crippen LogP contribution in [0.2, 0.25) is 0 Å². The van der Waals surface area contributed by atoms with Gasteiger partial charge < -0.3 is 9.72 Å². The molecule has 2 rings (SSSR count). The molecule has 0 bridgehead atoms. The first-order valence-electron chi connectivity index (χ1n) is 5.41. The van der Waals surface area contributed by atoms with E-state index < -0.39 is 0 Å². The molecule has 1 aromatic rings. The molecule has 0 radical (unpaired) electrons. The second-order valence-corrected chi connectivity index (χ2v) is 5.30. The van der Waals surface area contributed by atoms with Gasteiger partial charge in [-0.3, -0.25) is 4.79 Å². The van der Waals surface area contributed by atoms with Crippen molar-refractivity contribution in [2.75, 3.05) is 7.11 Å². The SMILES string of the molecule is COC1(c2nc(C)c(I)c(=O)[nH]2)CCCC1. The van der Waals surface area contributed by atoms with E-state index in [-0.39, 0.29) is 11.2 Å². The summed E-state index contributed by atoms with van der Waals surface area (Å²) in [6, 6.07) is 0. The molecule has 4 nitrogen and oxygen atoms in total. The van der Waals surface area contributed by atoms with E-state index in [1.165, 1.54) is 0 Å². The lowest BCUT2D eigenvalue weighted by atomic mass is 10.0. The van der Waals surface area contributed by atoms with E-state index in [1.807, 2.05) is 29.5 Å². The van der Waals surface area contributed by atoms with Gasteiger partial charge >= 0.3 is 0 Å². The van der Waals surface area contributed by atoms with E-state index >= 15 is 0 Å². The van der Waals surface area contributed by atoms with Crippen LogP contribution in [0.1, 0.15) is 37.2 Å². The first-order valence-corrected chi connectivity index (χ1v) is 6.49. The zero-order valence-electron chi connectivity index (χ0n) is 9.47. The average molecular weight is 334 g/mol. The number of H-pyrrole nitrogens is 1. The Balaban J connectivity index is 2.51. The molecular formula is C11H15IN2O2. The molecule has 0 aliphatic heterocycles. The van der Waals surface area contributed by atoms with Crippen LogP contribution < -0.4 is 5.56 Å². The zero-order valence-corrected chi connectivity index (χ0v) is 11.6. The number of nitrogens with one attached hydrogen (secondary N) is 1.